The standard InChI is InChI=1S/C31H31BrN2O6S/c1-17-3-5-22(6-4-17)33-26(35)16-34-28(36)25(41-30(34)38)12-18-10-23(32)27(24(11-18)39-2)40-29(37)31-13-19-7-20(14-31)9-21(8-19)15-31/h3-6,10-12,19-21H,7-9,13-16H2,1-2H3,(H,33,35)/b25-12-. The number of thioether (sulfide) groups is 1. The molecule has 1 saturated heterocycles. The van der Waals surface area contributed by atoms with Gasteiger partial charge in [-0.15, -0.1) is 0 Å². The highest BCUT2D eigenvalue weighted by Gasteiger charge is 2.55. The van der Waals surface area contributed by atoms with E-state index >= 15 is 0 Å². The van der Waals surface area contributed by atoms with Gasteiger partial charge in [0.05, 0.1) is 21.9 Å². The van der Waals surface area contributed by atoms with Crippen LogP contribution < -0.4 is 14.8 Å². The lowest BCUT2D eigenvalue weighted by Gasteiger charge is -2.55. The van der Waals surface area contributed by atoms with E-state index in [1.54, 1.807) is 30.3 Å². The predicted octanol–water partition coefficient (Wildman–Crippen LogP) is 6.56. The number of benzene rings is 2. The summed E-state index contributed by atoms with van der Waals surface area (Å²) in [6.45, 7) is 1.55. The smallest absolute Gasteiger partial charge is 0.317 e. The first-order chi connectivity index (χ1) is 19.6. The number of amides is 3. The van der Waals surface area contributed by atoms with Gasteiger partial charge in [-0.3, -0.25) is 24.1 Å². The van der Waals surface area contributed by atoms with Crippen molar-refractivity contribution in [1.29, 1.82) is 0 Å². The Balaban J connectivity index is 1.16. The Kier molecular flexibility index (Phi) is 7.48. The molecule has 2 aromatic carbocycles. The molecule has 5 fully saturated rings. The number of esters is 1. The van der Waals surface area contributed by atoms with Gasteiger partial charge in [0.15, 0.2) is 11.5 Å². The molecule has 1 heterocycles. The third-order valence-electron chi connectivity index (χ3n) is 8.73. The summed E-state index contributed by atoms with van der Waals surface area (Å²) in [5.74, 6) is 1.31. The van der Waals surface area contributed by atoms with E-state index in [1.807, 2.05) is 19.1 Å². The van der Waals surface area contributed by atoms with Gasteiger partial charge in [0.2, 0.25) is 5.91 Å². The van der Waals surface area contributed by atoms with Gasteiger partial charge in [0.25, 0.3) is 11.1 Å². The van der Waals surface area contributed by atoms with Crippen LogP contribution in [0.3, 0.4) is 0 Å². The lowest BCUT2D eigenvalue weighted by atomic mass is 9.49. The number of anilines is 1. The Hall–Kier alpha value is -3.11. The van der Waals surface area contributed by atoms with Crippen LogP contribution in [0.5, 0.6) is 11.5 Å². The second kappa shape index (κ2) is 10.9. The fourth-order valence-corrected chi connectivity index (χ4v) is 8.63. The van der Waals surface area contributed by atoms with E-state index in [0.717, 1.165) is 41.5 Å². The van der Waals surface area contributed by atoms with Crippen molar-refractivity contribution in [2.24, 2.45) is 23.2 Å². The Labute approximate surface area is 251 Å². The molecule has 3 amide bonds. The molecule has 4 bridgehead atoms. The van der Waals surface area contributed by atoms with Crippen LogP contribution in [0.4, 0.5) is 10.5 Å². The highest BCUT2D eigenvalue weighted by atomic mass is 79.9. The zero-order valence-corrected chi connectivity index (χ0v) is 25.3. The van der Waals surface area contributed by atoms with E-state index in [-0.39, 0.29) is 17.4 Å². The van der Waals surface area contributed by atoms with Crippen LogP contribution in [0.15, 0.2) is 45.8 Å². The molecular weight excluding hydrogens is 608 g/mol. The van der Waals surface area contributed by atoms with Crippen LogP contribution in [0.1, 0.15) is 49.7 Å². The first kappa shape index (κ1) is 28.0. The second-order valence-electron chi connectivity index (χ2n) is 11.8. The maximum Gasteiger partial charge on any atom is 0.317 e. The number of nitrogens with zero attached hydrogens (tertiary/aromatic N) is 1. The zero-order valence-electron chi connectivity index (χ0n) is 22.9. The number of methoxy groups -OCH3 is 1. The number of hydrogen-bond acceptors (Lipinski definition) is 7. The van der Waals surface area contributed by atoms with Crippen LogP contribution in [-0.4, -0.2) is 41.6 Å². The first-order valence-electron chi connectivity index (χ1n) is 13.8. The molecule has 7 rings (SSSR count). The number of halogens is 1. The number of carbonyl (C=O) groups is 4. The molecule has 1 aliphatic heterocycles. The van der Waals surface area contributed by atoms with Crippen molar-refractivity contribution in [3.8, 4) is 11.5 Å². The van der Waals surface area contributed by atoms with Crippen LogP contribution in [-0.2, 0) is 14.4 Å². The summed E-state index contributed by atoms with van der Waals surface area (Å²) in [6.07, 6.45) is 7.96. The molecule has 0 aromatic heterocycles. The largest absolute Gasteiger partial charge is 0.493 e. The molecule has 41 heavy (non-hydrogen) atoms. The monoisotopic (exact) mass is 638 g/mol. The van der Waals surface area contributed by atoms with Gasteiger partial charge in [0, 0.05) is 5.69 Å². The number of rotatable bonds is 7. The van der Waals surface area contributed by atoms with Crippen LogP contribution >= 0.6 is 27.7 Å². The van der Waals surface area contributed by atoms with Crippen LogP contribution in [0.2, 0.25) is 0 Å². The van der Waals surface area contributed by atoms with Gasteiger partial charge < -0.3 is 14.8 Å². The van der Waals surface area contributed by atoms with E-state index in [2.05, 4.69) is 21.2 Å². The fourth-order valence-electron chi connectivity index (χ4n) is 7.25. The summed E-state index contributed by atoms with van der Waals surface area (Å²) in [7, 11) is 1.49. The Bertz CT molecular complexity index is 1430. The number of aryl methyl sites for hydroxylation is 1. The van der Waals surface area contributed by atoms with Crippen LogP contribution in [0, 0.1) is 30.1 Å². The summed E-state index contributed by atoms with van der Waals surface area (Å²) in [5.41, 5.74) is 1.81. The number of nitrogens with one attached hydrogen (secondary N) is 1. The predicted molar refractivity (Wildman–Crippen MR) is 159 cm³/mol. The minimum atomic E-state index is -0.550. The number of ether oxygens (including phenoxy) is 2. The molecule has 0 radical (unpaired) electrons. The second-order valence-corrected chi connectivity index (χ2v) is 13.7. The Morgan fingerprint density at radius 1 is 1.07 bits per heavy atom. The quantitative estimate of drug-likeness (QED) is 0.208. The van der Waals surface area contributed by atoms with E-state index in [4.69, 9.17) is 9.47 Å². The summed E-state index contributed by atoms with van der Waals surface area (Å²) in [4.78, 5) is 52.8. The Morgan fingerprint density at radius 3 is 2.32 bits per heavy atom. The average Bonchev–Trinajstić information content (AvgIpc) is 3.17. The normalized spacial score (nSPS) is 27.4. The number of carbonyl (C=O) groups excluding carboxylic acids is 4. The first-order valence-corrected chi connectivity index (χ1v) is 15.4. The van der Waals surface area contributed by atoms with Gasteiger partial charge in [0.1, 0.15) is 6.54 Å². The highest BCUT2D eigenvalue weighted by molar-refractivity contribution is 9.10. The van der Waals surface area contributed by atoms with Crippen molar-refractivity contribution in [2.45, 2.75) is 45.4 Å². The molecule has 1 N–H and O–H groups in total. The summed E-state index contributed by atoms with van der Waals surface area (Å²) in [5, 5.41) is 2.19. The van der Waals surface area contributed by atoms with Crippen molar-refractivity contribution in [3.63, 3.8) is 0 Å². The van der Waals surface area contributed by atoms with Crippen LogP contribution in [0.25, 0.3) is 6.08 Å². The van der Waals surface area contributed by atoms with E-state index in [1.165, 1.54) is 26.4 Å². The highest BCUT2D eigenvalue weighted by Crippen LogP contribution is 2.60. The zero-order chi connectivity index (χ0) is 28.9. The van der Waals surface area contributed by atoms with Gasteiger partial charge in [-0.1, -0.05) is 17.7 Å². The SMILES string of the molecule is COc1cc(/C=C2\SC(=O)N(CC(=O)Nc3ccc(C)cc3)C2=O)cc(Br)c1OC(=O)C12CC3CC(CC(C3)C1)C2. The van der Waals surface area contributed by atoms with Gasteiger partial charge in [-0.2, -0.15) is 0 Å². The molecule has 4 saturated carbocycles. The minimum absolute atomic E-state index is 0.186. The fraction of sp³-hybridized carbons (Fsp3) is 0.419. The molecule has 0 atom stereocenters. The molecule has 0 spiro atoms. The molecule has 214 valence electrons. The van der Waals surface area contributed by atoms with Gasteiger partial charge in [-0.05, 0) is 127 Å². The molecule has 2 aromatic rings. The number of imide groups is 1. The lowest BCUT2D eigenvalue weighted by molar-refractivity contribution is -0.161. The maximum atomic E-state index is 13.5. The topological polar surface area (TPSA) is 102 Å². The molecule has 10 heteroatoms. The number of hydrogen-bond donors (Lipinski definition) is 1. The molecule has 8 nitrogen and oxygen atoms in total. The van der Waals surface area contributed by atoms with Gasteiger partial charge >= 0.3 is 5.97 Å². The third kappa shape index (κ3) is 5.56. The Morgan fingerprint density at radius 2 is 1.71 bits per heavy atom. The van der Waals surface area contributed by atoms with Gasteiger partial charge in [-0.25, -0.2) is 0 Å². The maximum absolute atomic E-state index is 13.5. The van der Waals surface area contributed by atoms with E-state index in [9.17, 15) is 19.2 Å². The molecule has 4 aliphatic carbocycles. The van der Waals surface area contributed by atoms with Crippen molar-refractivity contribution in [3.05, 3.63) is 56.9 Å². The van der Waals surface area contributed by atoms with Crippen molar-refractivity contribution < 1.29 is 28.7 Å². The summed E-state index contributed by atoms with van der Waals surface area (Å²) >= 11 is 4.30. The molecular formula is C31H31BrN2O6S. The van der Waals surface area contributed by atoms with E-state index in [0.29, 0.717) is 45.0 Å². The molecule has 0 unspecified atom stereocenters. The minimum Gasteiger partial charge on any atom is -0.493 e. The average molecular weight is 640 g/mol. The summed E-state index contributed by atoms with van der Waals surface area (Å²) < 4.78 is 12.1. The van der Waals surface area contributed by atoms with Crippen molar-refractivity contribution >= 4 is 62.5 Å². The third-order valence-corrected chi connectivity index (χ3v) is 10.2. The van der Waals surface area contributed by atoms with E-state index < -0.39 is 22.5 Å². The van der Waals surface area contributed by atoms with Crippen molar-refractivity contribution in [2.75, 3.05) is 19.0 Å². The lowest BCUT2D eigenvalue weighted by Crippen LogP contribution is -2.51. The molecule has 5 aliphatic rings. The van der Waals surface area contributed by atoms with Crippen molar-refractivity contribution in [1.82, 2.24) is 4.90 Å². The summed E-state index contributed by atoms with van der Waals surface area (Å²) in [6, 6.07) is 10.6.